The van der Waals surface area contributed by atoms with Gasteiger partial charge in [0.1, 0.15) is 5.69 Å². The molecule has 3 heterocycles. The van der Waals surface area contributed by atoms with Gasteiger partial charge in [0.25, 0.3) is 0 Å². The van der Waals surface area contributed by atoms with Crippen LogP contribution in [0.4, 0.5) is 4.79 Å². The number of nitrogens with zero attached hydrogens (tertiary/aromatic N) is 4. The molecule has 1 N–H and O–H groups in total. The van der Waals surface area contributed by atoms with Crippen molar-refractivity contribution in [3.8, 4) is 11.1 Å². The van der Waals surface area contributed by atoms with Gasteiger partial charge >= 0.3 is 6.03 Å². The van der Waals surface area contributed by atoms with Crippen molar-refractivity contribution >= 4 is 11.5 Å². The van der Waals surface area contributed by atoms with Crippen molar-refractivity contribution < 1.29 is 4.79 Å². The van der Waals surface area contributed by atoms with E-state index in [1.54, 1.807) is 0 Å². The second-order valence-electron chi connectivity index (χ2n) is 7.58. The Balaban J connectivity index is 1.37. The highest BCUT2D eigenvalue weighted by molar-refractivity contribution is 5.75. The maximum Gasteiger partial charge on any atom is 0.318 e. The molecular weight excluding hydrogens is 374 g/mol. The van der Waals surface area contributed by atoms with Crippen molar-refractivity contribution in [2.24, 2.45) is 0 Å². The number of pyridine rings is 1. The lowest BCUT2D eigenvalue weighted by molar-refractivity contribution is 0.192. The number of urea groups is 1. The van der Waals surface area contributed by atoms with E-state index in [-0.39, 0.29) is 12.1 Å². The quantitative estimate of drug-likeness (QED) is 0.554. The van der Waals surface area contributed by atoms with Crippen LogP contribution in [0.15, 0.2) is 79.0 Å². The van der Waals surface area contributed by atoms with Gasteiger partial charge in [0.15, 0.2) is 0 Å². The fourth-order valence-corrected chi connectivity index (χ4v) is 4.12. The zero-order chi connectivity index (χ0) is 20.3. The number of hydrogen-bond donors (Lipinski definition) is 1. The first-order valence-electron chi connectivity index (χ1n) is 10.3. The van der Waals surface area contributed by atoms with Crippen molar-refractivity contribution in [3.05, 3.63) is 90.3 Å². The summed E-state index contributed by atoms with van der Waals surface area (Å²) in [7, 11) is 0. The number of rotatable bonds is 4. The summed E-state index contributed by atoms with van der Waals surface area (Å²) in [6.07, 6.45) is 3.86. The second kappa shape index (κ2) is 7.99. The summed E-state index contributed by atoms with van der Waals surface area (Å²) in [5, 5.41) is 11.8. The van der Waals surface area contributed by atoms with E-state index in [1.807, 2.05) is 64.1 Å². The summed E-state index contributed by atoms with van der Waals surface area (Å²) in [6.45, 7) is 1.25. The summed E-state index contributed by atoms with van der Waals surface area (Å²) >= 11 is 0. The van der Waals surface area contributed by atoms with Gasteiger partial charge in [-0.05, 0) is 30.0 Å². The van der Waals surface area contributed by atoms with E-state index in [4.69, 9.17) is 0 Å². The van der Waals surface area contributed by atoms with E-state index < -0.39 is 0 Å². The summed E-state index contributed by atoms with van der Waals surface area (Å²) in [6, 6.07) is 24.2. The van der Waals surface area contributed by atoms with Crippen LogP contribution in [0, 0.1) is 0 Å². The first-order valence-corrected chi connectivity index (χ1v) is 10.3. The highest BCUT2D eigenvalue weighted by Gasteiger charge is 2.33. The molecule has 1 aliphatic rings. The van der Waals surface area contributed by atoms with Crippen LogP contribution < -0.4 is 5.32 Å². The lowest BCUT2D eigenvalue weighted by atomic mass is 10.1. The molecular formula is C24H23N5O. The van der Waals surface area contributed by atoms with Crippen LogP contribution in [0.2, 0.25) is 0 Å². The van der Waals surface area contributed by atoms with Crippen molar-refractivity contribution in [2.75, 3.05) is 6.54 Å². The maximum absolute atomic E-state index is 12.9. The highest BCUT2D eigenvalue weighted by atomic mass is 16.2. The Hall–Kier alpha value is -3.67. The minimum absolute atomic E-state index is 0.0524. The minimum Gasteiger partial charge on any atom is -0.334 e. The number of hydrogen-bond acceptors (Lipinski definition) is 3. The molecule has 6 heteroatoms. The molecule has 0 radical (unpaired) electrons. The molecule has 1 saturated heterocycles. The fraction of sp³-hybridized carbons (Fsp3) is 0.208. The van der Waals surface area contributed by atoms with Gasteiger partial charge in [-0.1, -0.05) is 71.9 Å². The van der Waals surface area contributed by atoms with Crippen LogP contribution in [-0.4, -0.2) is 32.3 Å². The van der Waals surface area contributed by atoms with Crippen LogP contribution in [0.25, 0.3) is 16.6 Å². The van der Waals surface area contributed by atoms with Gasteiger partial charge in [-0.2, -0.15) is 0 Å². The number of aromatic nitrogens is 3. The third kappa shape index (κ3) is 3.52. The van der Waals surface area contributed by atoms with Crippen molar-refractivity contribution in [2.45, 2.75) is 25.4 Å². The molecule has 1 aliphatic heterocycles. The summed E-state index contributed by atoms with van der Waals surface area (Å²) in [5.41, 5.74) is 5.12. The van der Waals surface area contributed by atoms with Gasteiger partial charge in [0.05, 0.1) is 11.6 Å². The van der Waals surface area contributed by atoms with Crippen LogP contribution in [0.5, 0.6) is 0 Å². The maximum atomic E-state index is 12.9. The molecule has 0 saturated carbocycles. The average Bonchev–Trinajstić information content (AvgIpc) is 3.45. The topological polar surface area (TPSA) is 62.5 Å². The molecule has 0 aliphatic carbocycles. The molecule has 0 spiro atoms. The second-order valence-corrected chi connectivity index (χ2v) is 7.58. The smallest absolute Gasteiger partial charge is 0.318 e. The molecule has 0 bridgehead atoms. The Morgan fingerprint density at radius 1 is 0.967 bits per heavy atom. The first-order chi connectivity index (χ1) is 14.8. The molecule has 6 nitrogen and oxygen atoms in total. The fourth-order valence-electron chi connectivity index (χ4n) is 4.12. The van der Waals surface area contributed by atoms with E-state index in [0.717, 1.165) is 47.3 Å². The van der Waals surface area contributed by atoms with E-state index >= 15 is 0 Å². The van der Waals surface area contributed by atoms with Gasteiger partial charge in [-0.3, -0.25) is 0 Å². The Morgan fingerprint density at radius 2 is 1.73 bits per heavy atom. The summed E-state index contributed by atoms with van der Waals surface area (Å²) in [4.78, 5) is 14.7. The number of carbonyl (C=O) groups is 1. The monoisotopic (exact) mass is 397 g/mol. The standard InChI is InChI=1S/C24H23N5O/c30-24(25-16-18-8-3-1-4-9-18)28-15-7-12-21(28)23-22-14-13-20(17-29(22)27-26-23)19-10-5-2-6-11-19/h1-6,8-11,13-14,17,21H,7,12,15-16H2,(H,25,30). The Kier molecular flexibility index (Phi) is 4.89. The molecule has 30 heavy (non-hydrogen) atoms. The van der Waals surface area contributed by atoms with Gasteiger partial charge < -0.3 is 10.2 Å². The Bertz CT molecular complexity index is 1160. The van der Waals surface area contributed by atoms with Crippen LogP contribution in [0.3, 0.4) is 0 Å². The van der Waals surface area contributed by atoms with Crippen LogP contribution in [-0.2, 0) is 6.54 Å². The van der Waals surface area contributed by atoms with Crippen LogP contribution >= 0.6 is 0 Å². The minimum atomic E-state index is -0.0548. The highest BCUT2D eigenvalue weighted by Crippen LogP contribution is 2.33. The SMILES string of the molecule is O=C(NCc1ccccc1)N1CCCC1c1nnn2cc(-c3ccccc3)ccc12. The van der Waals surface area contributed by atoms with Gasteiger partial charge in [-0.25, -0.2) is 9.31 Å². The van der Waals surface area contributed by atoms with Crippen LogP contribution in [0.1, 0.15) is 30.1 Å². The van der Waals surface area contributed by atoms with Crippen molar-refractivity contribution in [1.82, 2.24) is 25.0 Å². The molecule has 1 atom stereocenters. The Morgan fingerprint density at radius 3 is 2.53 bits per heavy atom. The molecule has 2 aromatic heterocycles. The van der Waals surface area contributed by atoms with E-state index in [1.165, 1.54) is 0 Å². The molecule has 4 aromatic rings. The molecule has 2 aromatic carbocycles. The zero-order valence-electron chi connectivity index (χ0n) is 16.6. The van der Waals surface area contributed by atoms with Gasteiger partial charge in [-0.15, -0.1) is 5.10 Å². The van der Waals surface area contributed by atoms with E-state index in [2.05, 4.69) is 39.9 Å². The molecule has 150 valence electrons. The molecule has 2 amide bonds. The van der Waals surface area contributed by atoms with Gasteiger partial charge in [0, 0.05) is 24.8 Å². The van der Waals surface area contributed by atoms with Crippen molar-refractivity contribution in [3.63, 3.8) is 0 Å². The van der Waals surface area contributed by atoms with E-state index in [9.17, 15) is 4.79 Å². The molecule has 1 fully saturated rings. The lowest BCUT2D eigenvalue weighted by Gasteiger charge is -2.23. The number of fused-ring (bicyclic) bond motifs is 1. The molecule has 1 unspecified atom stereocenters. The third-order valence-electron chi connectivity index (χ3n) is 5.66. The molecule has 5 rings (SSSR count). The number of amides is 2. The predicted molar refractivity (Wildman–Crippen MR) is 116 cm³/mol. The largest absolute Gasteiger partial charge is 0.334 e. The predicted octanol–water partition coefficient (Wildman–Crippen LogP) is 4.44. The first kappa shape index (κ1) is 18.4. The number of nitrogens with one attached hydrogen (secondary N) is 1. The number of benzene rings is 2. The number of likely N-dealkylation sites (tertiary alicyclic amines) is 1. The summed E-state index contributed by atoms with van der Waals surface area (Å²) < 4.78 is 1.82. The lowest BCUT2D eigenvalue weighted by Crippen LogP contribution is -2.39. The Labute approximate surface area is 175 Å². The zero-order valence-corrected chi connectivity index (χ0v) is 16.6. The van der Waals surface area contributed by atoms with E-state index in [0.29, 0.717) is 6.54 Å². The normalized spacial score (nSPS) is 16.1. The third-order valence-corrected chi connectivity index (χ3v) is 5.66. The summed E-state index contributed by atoms with van der Waals surface area (Å²) in [5.74, 6) is 0. The number of carbonyl (C=O) groups excluding carboxylic acids is 1. The van der Waals surface area contributed by atoms with Gasteiger partial charge in [0.2, 0.25) is 0 Å². The average molecular weight is 397 g/mol. The van der Waals surface area contributed by atoms with Crippen molar-refractivity contribution in [1.29, 1.82) is 0 Å².